The second-order valence-corrected chi connectivity index (χ2v) is 5.66. The molecule has 1 fully saturated rings. The molecule has 0 spiro atoms. The number of carbonyl (C=O) groups excluding carboxylic acids is 1. The first kappa shape index (κ1) is 15.6. The number of nitrogens with one attached hydrogen (secondary N) is 1. The summed E-state index contributed by atoms with van der Waals surface area (Å²) in [5, 5.41) is 3.44. The highest BCUT2D eigenvalue weighted by molar-refractivity contribution is 5.94. The van der Waals surface area contributed by atoms with Crippen LogP contribution in [-0.4, -0.2) is 50.3 Å². The van der Waals surface area contributed by atoms with E-state index < -0.39 is 0 Å². The summed E-state index contributed by atoms with van der Waals surface area (Å²) in [7, 11) is 1.65. The van der Waals surface area contributed by atoms with Gasteiger partial charge < -0.3 is 19.7 Å². The van der Waals surface area contributed by atoms with Crippen LogP contribution in [0.5, 0.6) is 5.75 Å². The number of anilines is 1. The number of methoxy groups -OCH3 is 1. The molecule has 1 aromatic rings. The second kappa shape index (κ2) is 7.33. The summed E-state index contributed by atoms with van der Waals surface area (Å²) in [5.74, 6) is 0.956. The molecule has 0 saturated carbocycles. The predicted molar refractivity (Wildman–Crippen MR) is 89.6 cm³/mol. The van der Waals surface area contributed by atoms with Gasteiger partial charge in [0.2, 0.25) is 5.91 Å². The van der Waals surface area contributed by atoms with Gasteiger partial charge in [-0.2, -0.15) is 0 Å². The number of hydrogen-bond acceptors (Lipinski definition) is 4. The summed E-state index contributed by atoms with van der Waals surface area (Å²) in [6.07, 6.45) is 6.65. The molecular formula is C18H22N2O3. The second-order valence-electron chi connectivity index (χ2n) is 5.66. The maximum Gasteiger partial charge on any atom is 0.250 e. The topological polar surface area (TPSA) is 50.8 Å². The fourth-order valence-electron chi connectivity index (χ4n) is 2.81. The number of nitrogens with zero attached hydrogens (tertiary/aromatic N) is 1. The Labute approximate surface area is 136 Å². The van der Waals surface area contributed by atoms with Crippen molar-refractivity contribution in [2.45, 2.75) is 12.5 Å². The zero-order chi connectivity index (χ0) is 16.1. The van der Waals surface area contributed by atoms with E-state index in [0.29, 0.717) is 32.7 Å². The van der Waals surface area contributed by atoms with E-state index in [9.17, 15) is 4.79 Å². The number of benzene rings is 1. The Morgan fingerprint density at radius 2 is 2.00 bits per heavy atom. The molecule has 1 heterocycles. The van der Waals surface area contributed by atoms with Crippen molar-refractivity contribution in [1.82, 2.24) is 4.90 Å². The highest BCUT2D eigenvalue weighted by atomic mass is 16.5. The van der Waals surface area contributed by atoms with E-state index >= 15 is 0 Å². The third-order valence-corrected chi connectivity index (χ3v) is 4.10. The van der Waals surface area contributed by atoms with Crippen molar-refractivity contribution in [3.8, 4) is 5.75 Å². The van der Waals surface area contributed by atoms with Gasteiger partial charge in [-0.25, -0.2) is 0 Å². The standard InChI is InChI=1S/C18H22N2O3/c1-22-17-7-5-15(6-8-17)19-16-4-2-3-14(13-16)18(21)20-9-11-23-12-10-20/h2-8,16,19H,9-13H2,1H3. The Bertz CT molecular complexity index is 601. The molecule has 2 aliphatic rings. The van der Waals surface area contributed by atoms with Crippen LogP contribution in [0.4, 0.5) is 5.69 Å². The molecule has 23 heavy (non-hydrogen) atoms. The molecule has 1 aliphatic carbocycles. The molecule has 3 rings (SSSR count). The monoisotopic (exact) mass is 314 g/mol. The summed E-state index contributed by atoms with van der Waals surface area (Å²) >= 11 is 0. The van der Waals surface area contributed by atoms with E-state index in [4.69, 9.17) is 9.47 Å². The quantitative estimate of drug-likeness (QED) is 0.926. The highest BCUT2D eigenvalue weighted by Crippen LogP contribution is 2.21. The van der Waals surface area contributed by atoms with Gasteiger partial charge in [0, 0.05) is 36.8 Å². The van der Waals surface area contributed by atoms with Crippen LogP contribution >= 0.6 is 0 Å². The average molecular weight is 314 g/mol. The number of ether oxygens (including phenoxy) is 2. The van der Waals surface area contributed by atoms with Crippen LogP contribution in [0.15, 0.2) is 48.1 Å². The van der Waals surface area contributed by atoms with Gasteiger partial charge in [0.05, 0.1) is 20.3 Å². The Hall–Kier alpha value is -2.27. The van der Waals surface area contributed by atoms with Gasteiger partial charge in [-0.3, -0.25) is 4.79 Å². The molecule has 0 bridgehead atoms. The minimum Gasteiger partial charge on any atom is -0.497 e. The fraction of sp³-hybridized carbons (Fsp3) is 0.389. The highest BCUT2D eigenvalue weighted by Gasteiger charge is 2.23. The van der Waals surface area contributed by atoms with Crippen LogP contribution in [0.25, 0.3) is 0 Å². The van der Waals surface area contributed by atoms with Gasteiger partial charge in [0.1, 0.15) is 5.75 Å². The number of rotatable bonds is 4. The lowest BCUT2D eigenvalue weighted by Crippen LogP contribution is -2.42. The van der Waals surface area contributed by atoms with Crippen molar-refractivity contribution in [1.29, 1.82) is 0 Å². The zero-order valence-electron chi connectivity index (χ0n) is 13.3. The summed E-state index contributed by atoms with van der Waals surface area (Å²) < 4.78 is 10.5. The van der Waals surface area contributed by atoms with Crippen molar-refractivity contribution < 1.29 is 14.3 Å². The summed E-state index contributed by atoms with van der Waals surface area (Å²) in [5.41, 5.74) is 1.86. The number of morpholine rings is 1. The third kappa shape index (κ3) is 3.93. The van der Waals surface area contributed by atoms with E-state index in [1.54, 1.807) is 7.11 Å². The zero-order valence-corrected chi connectivity index (χ0v) is 13.3. The van der Waals surface area contributed by atoms with E-state index in [0.717, 1.165) is 17.0 Å². The lowest BCUT2D eigenvalue weighted by molar-refractivity contribution is -0.131. The summed E-state index contributed by atoms with van der Waals surface area (Å²) in [6, 6.07) is 7.92. The molecular weight excluding hydrogens is 292 g/mol. The van der Waals surface area contributed by atoms with Crippen LogP contribution in [0.1, 0.15) is 6.42 Å². The summed E-state index contributed by atoms with van der Waals surface area (Å²) in [4.78, 5) is 14.4. The fourth-order valence-corrected chi connectivity index (χ4v) is 2.81. The Kier molecular flexibility index (Phi) is 4.98. The van der Waals surface area contributed by atoms with E-state index in [2.05, 4.69) is 11.4 Å². The molecule has 1 atom stereocenters. The van der Waals surface area contributed by atoms with E-state index in [1.807, 2.05) is 41.3 Å². The van der Waals surface area contributed by atoms with Gasteiger partial charge in [-0.05, 0) is 24.3 Å². The van der Waals surface area contributed by atoms with Crippen LogP contribution in [0, 0.1) is 0 Å². The molecule has 1 unspecified atom stereocenters. The minimum atomic E-state index is 0.119. The Balaban J connectivity index is 1.60. The van der Waals surface area contributed by atoms with Crippen LogP contribution in [-0.2, 0) is 9.53 Å². The number of amides is 1. The molecule has 0 aromatic heterocycles. The first-order valence-corrected chi connectivity index (χ1v) is 7.91. The molecule has 5 heteroatoms. The van der Waals surface area contributed by atoms with Crippen molar-refractivity contribution in [2.75, 3.05) is 38.7 Å². The van der Waals surface area contributed by atoms with Crippen LogP contribution < -0.4 is 10.1 Å². The number of hydrogen-bond donors (Lipinski definition) is 1. The van der Waals surface area contributed by atoms with Gasteiger partial charge in [0.25, 0.3) is 0 Å². The van der Waals surface area contributed by atoms with E-state index in [1.165, 1.54) is 0 Å². The molecule has 1 aliphatic heterocycles. The van der Waals surface area contributed by atoms with Gasteiger partial charge in [0.15, 0.2) is 0 Å². The van der Waals surface area contributed by atoms with Crippen molar-refractivity contribution >= 4 is 11.6 Å². The lowest BCUT2D eigenvalue weighted by Gasteiger charge is -2.29. The van der Waals surface area contributed by atoms with Crippen LogP contribution in [0.3, 0.4) is 0 Å². The molecule has 1 N–H and O–H groups in total. The normalized spacial score (nSPS) is 20.8. The number of carbonyl (C=O) groups is 1. The first-order chi connectivity index (χ1) is 11.3. The van der Waals surface area contributed by atoms with Crippen molar-refractivity contribution in [3.05, 3.63) is 48.1 Å². The maximum atomic E-state index is 12.6. The summed E-state index contributed by atoms with van der Waals surface area (Å²) in [6.45, 7) is 2.61. The van der Waals surface area contributed by atoms with E-state index in [-0.39, 0.29) is 11.9 Å². The predicted octanol–water partition coefficient (Wildman–Crippen LogP) is 2.22. The number of allylic oxidation sites excluding steroid dienone is 2. The van der Waals surface area contributed by atoms with Gasteiger partial charge in [-0.1, -0.05) is 18.2 Å². The van der Waals surface area contributed by atoms with Crippen molar-refractivity contribution in [3.63, 3.8) is 0 Å². The Morgan fingerprint density at radius 3 is 2.70 bits per heavy atom. The molecule has 5 nitrogen and oxygen atoms in total. The maximum absolute atomic E-state index is 12.6. The molecule has 0 radical (unpaired) electrons. The molecule has 1 aromatic carbocycles. The molecule has 1 amide bonds. The molecule has 122 valence electrons. The third-order valence-electron chi connectivity index (χ3n) is 4.10. The molecule has 1 saturated heterocycles. The largest absolute Gasteiger partial charge is 0.497 e. The van der Waals surface area contributed by atoms with Gasteiger partial charge in [-0.15, -0.1) is 0 Å². The Morgan fingerprint density at radius 1 is 1.26 bits per heavy atom. The smallest absolute Gasteiger partial charge is 0.250 e. The van der Waals surface area contributed by atoms with Crippen LogP contribution in [0.2, 0.25) is 0 Å². The van der Waals surface area contributed by atoms with Gasteiger partial charge >= 0.3 is 0 Å². The SMILES string of the molecule is COc1ccc(NC2C=CC=C(C(=O)N3CCOCC3)C2)cc1. The first-order valence-electron chi connectivity index (χ1n) is 7.91. The minimum absolute atomic E-state index is 0.119. The lowest BCUT2D eigenvalue weighted by atomic mass is 9.99. The average Bonchev–Trinajstić information content (AvgIpc) is 2.63. The van der Waals surface area contributed by atoms with Crippen molar-refractivity contribution in [2.24, 2.45) is 0 Å².